The first kappa shape index (κ1) is 18.6. The van der Waals surface area contributed by atoms with Crippen LogP contribution in [0.5, 0.6) is 5.75 Å². The molecule has 1 amide bonds. The summed E-state index contributed by atoms with van der Waals surface area (Å²) in [6, 6.07) is 4.11. The van der Waals surface area contributed by atoms with Crippen LogP contribution < -0.4 is 4.74 Å². The number of aromatic amines is 1. The topological polar surface area (TPSA) is 48.6 Å². The Kier molecular flexibility index (Phi) is 5.13. The molecule has 1 atom stereocenters. The summed E-state index contributed by atoms with van der Waals surface area (Å²) >= 11 is 0. The lowest BCUT2D eigenvalue weighted by Crippen LogP contribution is -2.55. The summed E-state index contributed by atoms with van der Waals surface area (Å²) in [5, 5.41) is 0.919. The van der Waals surface area contributed by atoms with Crippen molar-refractivity contribution in [2.75, 3.05) is 33.3 Å². The molecular formula is C18H22F3N3O2. The van der Waals surface area contributed by atoms with Crippen molar-refractivity contribution in [2.24, 2.45) is 0 Å². The number of carbonyl (C=O) groups excluding carboxylic acids is 1. The lowest BCUT2D eigenvalue weighted by molar-refractivity contribution is -0.182. The summed E-state index contributed by atoms with van der Waals surface area (Å²) in [7, 11) is 1.58. The van der Waals surface area contributed by atoms with Crippen molar-refractivity contribution in [1.82, 2.24) is 14.8 Å². The van der Waals surface area contributed by atoms with Crippen LogP contribution in [0.2, 0.25) is 0 Å². The molecule has 0 radical (unpaired) electrons. The number of H-pyrrole nitrogens is 1. The van der Waals surface area contributed by atoms with Gasteiger partial charge in [0.15, 0.2) is 0 Å². The van der Waals surface area contributed by atoms with E-state index in [1.807, 2.05) is 18.2 Å². The summed E-state index contributed by atoms with van der Waals surface area (Å²) < 4.78 is 43.7. The maximum atomic E-state index is 12.8. The molecule has 0 spiro atoms. The third-order valence-electron chi connectivity index (χ3n) is 5.00. The van der Waals surface area contributed by atoms with Gasteiger partial charge in [-0.15, -0.1) is 0 Å². The lowest BCUT2D eigenvalue weighted by atomic mass is 10.1. The van der Waals surface area contributed by atoms with E-state index in [9.17, 15) is 18.0 Å². The fraction of sp³-hybridized carbons (Fsp3) is 0.500. The molecule has 0 saturated carbocycles. The zero-order chi connectivity index (χ0) is 18.9. The van der Waals surface area contributed by atoms with E-state index in [2.05, 4.69) is 4.98 Å². The average Bonchev–Trinajstić information content (AvgIpc) is 3.02. The fourth-order valence-electron chi connectivity index (χ4n) is 3.27. The molecule has 1 fully saturated rings. The van der Waals surface area contributed by atoms with Gasteiger partial charge in [0.05, 0.1) is 13.5 Å². The van der Waals surface area contributed by atoms with E-state index in [-0.39, 0.29) is 25.4 Å². The number of nitrogens with one attached hydrogen (secondary N) is 1. The standard InChI is InChI=1S/C18H22F3N3O2/c1-12(18(19,20)21)23-5-7-24(8-6-23)17(25)9-13-11-22-16-4-3-14(26-2)10-15(13)16/h3-4,10-12,22H,5-9H2,1-2H3. The Balaban J connectivity index is 1.63. The van der Waals surface area contributed by atoms with Crippen LogP contribution in [-0.2, 0) is 11.2 Å². The molecule has 1 aliphatic rings. The van der Waals surface area contributed by atoms with Crippen LogP contribution in [0.4, 0.5) is 13.2 Å². The number of aromatic nitrogens is 1. The summed E-state index contributed by atoms with van der Waals surface area (Å²) in [6.45, 7) is 2.24. The number of hydrogen-bond acceptors (Lipinski definition) is 3. The number of fused-ring (bicyclic) bond motifs is 1. The number of benzene rings is 1. The molecule has 142 valence electrons. The number of rotatable bonds is 4. The molecule has 8 heteroatoms. The highest BCUT2D eigenvalue weighted by Crippen LogP contribution is 2.26. The fourth-order valence-corrected chi connectivity index (χ4v) is 3.27. The SMILES string of the molecule is COc1ccc2[nH]cc(CC(=O)N3CCN(C(C)C(F)(F)F)CC3)c2c1. The van der Waals surface area contributed by atoms with E-state index in [0.29, 0.717) is 18.8 Å². The van der Waals surface area contributed by atoms with Crippen molar-refractivity contribution in [3.05, 3.63) is 30.0 Å². The number of piperazine rings is 1. The average molecular weight is 369 g/mol. The Bertz CT molecular complexity index is 780. The minimum Gasteiger partial charge on any atom is -0.497 e. The molecule has 3 rings (SSSR count). The molecule has 1 aliphatic heterocycles. The Morgan fingerprint density at radius 3 is 2.58 bits per heavy atom. The first-order valence-corrected chi connectivity index (χ1v) is 8.52. The third kappa shape index (κ3) is 3.80. The van der Waals surface area contributed by atoms with Crippen molar-refractivity contribution in [3.8, 4) is 5.75 Å². The summed E-state index contributed by atoms with van der Waals surface area (Å²) in [5.41, 5.74) is 1.77. The van der Waals surface area contributed by atoms with E-state index in [1.165, 1.54) is 4.90 Å². The van der Waals surface area contributed by atoms with E-state index in [4.69, 9.17) is 4.74 Å². The number of alkyl halides is 3. The van der Waals surface area contributed by atoms with Gasteiger partial charge in [-0.25, -0.2) is 0 Å². The van der Waals surface area contributed by atoms with Gasteiger partial charge in [0.1, 0.15) is 11.8 Å². The van der Waals surface area contributed by atoms with Gasteiger partial charge < -0.3 is 14.6 Å². The minimum absolute atomic E-state index is 0.0759. The van der Waals surface area contributed by atoms with Gasteiger partial charge >= 0.3 is 6.18 Å². The number of amides is 1. The highest BCUT2D eigenvalue weighted by atomic mass is 19.4. The lowest BCUT2D eigenvalue weighted by Gasteiger charge is -2.38. The van der Waals surface area contributed by atoms with Crippen molar-refractivity contribution in [2.45, 2.75) is 25.6 Å². The van der Waals surface area contributed by atoms with E-state index in [0.717, 1.165) is 23.4 Å². The van der Waals surface area contributed by atoms with Gasteiger partial charge in [0.25, 0.3) is 0 Å². The monoisotopic (exact) mass is 369 g/mol. The van der Waals surface area contributed by atoms with Crippen LogP contribution in [0.1, 0.15) is 12.5 Å². The summed E-state index contributed by atoms with van der Waals surface area (Å²) in [4.78, 5) is 18.7. The Hall–Kier alpha value is -2.22. The van der Waals surface area contributed by atoms with Gasteiger partial charge in [-0.3, -0.25) is 9.69 Å². The maximum Gasteiger partial charge on any atom is 0.403 e. The second-order valence-corrected chi connectivity index (χ2v) is 6.54. The maximum absolute atomic E-state index is 12.8. The Labute approximate surface area is 149 Å². The van der Waals surface area contributed by atoms with Crippen molar-refractivity contribution >= 4 is 16.8 Å². The molecule has 1 saturated heterocycles. The van der Waals surface area contributed by atoms with Crippen LogP contribution in [0.25, 0.3) is 10.9 Å². The minimum atomic E-state index is -4.24. The highest BCUT2D eigenvalue weighted by molar-refractivity contribution is 5.89. The number of ether oxygens (including phenoxy) is 1. The van der Waals surface area contributed by atoms with Crippen molar-refractivity contribution in [3.63, 3.8) is 0 Å². The van der Waals surface area contributed by atoms with Gasteiger partial charge in [-0.1, -0.05) is 0 Å². The van der Waals surface area contributed by atoms with Crippen LogP contribution >= 0.6 is 0 Å². The molecule has 2 aromatic rings. The zero-order valence-electron chi connectivity index (χ0n) is 14.8. The molecule has 5 nitrogen and oxygen atoms in total. The van der Waals surface area contributed by atoms with Crippen LogP contribution in [0.15, 0.2) is 24.4 Å². The smallest absolute Gasteiger partial charge is 0.403 e. The number of carbonyl (C=O) groups is 1. The largest absolute Gasteiger partial charge is 0.497 e. The van der Waals surface area contributed by atoms with Crippen molar-refractivity contribution in [1.29, 1.82) is 0 Å². The summed E-state index contributed by atoms with van der Waals surface area (Å²) in [6.07, 6.45) is -2.23. The zero-order valence-corrected chi connectivity index (χ0v) is 14.8. The first-order valence-electron chi connectivity index (χ1n) is 8.52. The number of methoxy groups -OCH3 is 1. The molecule has 0 bridgehead atoms. The normalized spacial score (nSPS) is 17.5. The highest BCUT2D eigenvalue weighted by Gasteiger charge is 2.41. The molecule has 1 N–H and O–H groups in total. The Morgan fingerprint density at radius 1 is 1.27 bits per heavy atom. The molecule has 1 aromatic carbocycles. The summed E-state index contributed by atoms with van der Waals surface area (Å²) in [5.74, 6) is 0.633. The van der Waals surface area contributed by atoms with E-state index in [1.54, 1.807) is 18.2 Å². The molecule has 2 heterocycles. The van der Waals surface area contributed by atoms with Gasteiger partial charge in [0.2, 0.25) is 5.91 Å². The Morgan fingerprint density at radius 2 is 1.96 bits per heavy atom. The van der Waals surface area contributed by atoms with Gasteiger partial charge in [0, 0.05) is 43.3 Å². The molecule has 0 aliphatic carbocycles. The molecule has 1 unspecified atom stereocenters. The number of nitrogens with zero attached hydrogens (tertiary/aromatic N) is 2. The molecule has 1 aromatic heterocycles. The van der Waals surface area contributed by atoms with E-state index >= 15 is 0 Å². The van der Waals surface area contributed by atoms with Gasteiger partial charge in [-0.2, -0.15) is 13.2 Å². The molecular weight excluding hydrogens is 347 g/mol. The number of halogens is 3. The van der Waals surface area contributed by atoms with E-state index < -0.39 is 12.2 Å². The van der Waals surface area contributed by atoms with Crippen molar-refractivity contribution < 1.29 is 22.7 Å². The first-order chi connectivity index (χ1) is 12.3. The number of hydrogen-bond donors (Lipinski definition) is 1. The third-order valence-corrected chi connectivity index (χ3v) is 5.00. The molecule has 26 heavy (non-hydrogen) atoms. The van der Waals surface area contributed by atoms with Crippen LogP contribution in [-0.4, -0.2) is 66.2 Å². The van der Waals surface area contributed by atoms with Crippen LogP contribution in [0, 0.1) is 0 Å². The quantitative estimate of drug-likeness (QED) is 0.902. The van der Waals surface area contributed by atoms with Crippen LogP contribution in [0.3, 0.4) is 0 Å². The second-order valence-electron chi connectivity index (χ2n) is 6.54. The second kappa shape index (κ2) is 7.19. The van der Waals surface area contributed by atoms with Gasteiger partial charge in [-0.05, 0) is 30.7 Å². The predicted molar refractivity (Wildman–Crippen MR) is 92.2 cm³/mol. The predicted octanol–water partition coefficient (Wildman–Crippen LogP) is 2.81.